The molecule has 0 amide bonds. The fourth-order valence-corrected chi connectivity index (χ4v) is 3.61. The number of hydrogen-bond donors (Lipinski definition) is 5. The van der Waals surface area contributed by atoms with Crippen molar-refractivity contribution in [2.75, 3.05) is 26.1 Å². The van der Waals surface area contributed by atoms with Crippen molar-refractivity contribution in [3.05, 3.63) is 82.3 Å². The Balaban J connectivity index is 0.00000103. The number of nitrogen functional groups attached to an aromatic ring is 1. The molecule has 1 atom stereocenters. The smallest absolute Gasteiger partial charge is 0.350 e. The lowest BCUT2D eigenvalue weighted by molar-refractivity contribution is -0.134. The monoisotopic (exact) mass is 550 g/mol. The molecule has 6 N–H and O–H groups in total. The number of H-pyrrole nitrogens is 1. The van der Waals surface area contributed by atoms with E-state index < -0.39 is 17.7 Å². The second-order valence-electron chi connectivity index (χ2n) is 8.05. The number of amidine groups is 1. The van der Waals surface area contributed by atoms with Gasteiger partial charge in [-0.15, -0.1) is 9.78 Å². The van der Waals surface area contributed by atoms with Crippen molar-refractivity contribution in [2.45, 2.75) is 19.9 Å². The Morgan fingerprint density at radius 2 is 1.77 bits per heavy atom. The largest absolute Gasteiger partial charge is 0.493 e. The number of ether oxygens (including phenoxy) is 3. The zero-order chi connectivity index (χ0) is 29.2. The molecule has 0 spiro atoms. The second kappa shape index (κ2) is 13.4. The molecule has 0 saturated carbocycles. The molecule has 0 aliphatic carbocycles. The number of nitrogens with two attached hydrogens (primary N) is 1. The molecule has 4 aromatic rings. The zero-order valence-electron chi connectivity index (χ0n) is 22.3. The highest BCUT2D eigenvalue weighted by Crippen LogP contribution is 2.41. The summed E-state index contributed by atoms with van der Waals surface area (Å²) in [6.07, 6.45) is 3.05. The van der Waals surface area contributed by atoms with E-state index in [1.165, 1.54) is 26.6 Å². The molecule has 14 nitrogen and oxygen atoms in total. The summed E-state index contributed by atoms with van der Waals surface area (Å²) >= 11 is 0. The van der Waals surface area contributed by atoms with Gasteiger partial charge in [-0.1, -0.05) is 0 Å². The van der Waals surface area contributed by atoms with Crippen molar-refractivity contribution in [1.29, 1.82) is 5.41 Å². The van der Waals surface area contributed by atoms with Crippen molar-refractivity contribution in [1.82, 2.24) is 24.7 Å². The number of rotatable bonds is 10. The lowest BCUT2D eigenvalue weighted by Crippen LogP contribution is -2.18. The summed E-state index contributed by atoms with van der Waals surface area (Å²) < 4.78 is 17.9. The lowest BCUT2D eigenvalue weighted by Gasteiger charge is -2.21. The first-order valence-electron chi connectivity index (χ1n) is 11.9. The maximum Gasteiger partial charge on any atom is 0.350 e. The predicted molar refractivity (Wildman–Crippen MR) is 147 cm³/mol. The number of benzene rings is 2. The normalized spacial score (nSPS) is 11.0. The standard InChI is InChI=1S/C24H26N8O4.C2H4O2/c1-4-36-18-13-15(12-17(34-2)20(18)35-3)19(29-16-8-6-14(7-9-16)21(25)26)22-30-24(33)32(31-22)23-27-10-5-11-28-23;1-2(3)4/h5-13,19,29H,4H2,1-3H3,(H3,25,26)(H,30,31,33);1H3,(H,3,4). The Morgan fingerprint density at radius 3 is 2.33 bits per heavy atom. The van der Waals surface area contributed by atoms with Gasteiger partial charge in [0.1, 0.15) is 11.9 Å². The van der Waals surface area contributed by atoms with E-state index in [1.807, 2.05) is 6.92 Å². The summed E-state index contributed by atoms with van der Waals surface area (Å²) in [6, 6.07) is 11.6. The summed E-state index contributed by atoms with van der Waals surface area (Å²) in [5.41, 5.74) is 7.05. The van der Waals surface area contributed by atoms with E-state index in [-0.39, 0.29) is 11.8 Å². The van der Waals surface area contributed by atoms with Crippen LogP contribution in [0.2, 0.25) is 0 Å². The molecule has 2 heterocycles. The van der Waals surface area contributed by atoms with Gasteiger partial charge in [0.25, 0.3) is 11.9 Å². The van der Waals surface area contributed by atoms with E-state index in [1.54, 1.807) is 42.5 Å². The van der Waals surface area contributed by atoms with Crippen LogP contribution in [0, 0.1) is 5.41 Å². The maximum absolute atomic E-state index is 12.8. The summed E-state index contributed by atoms with van der Waals surface area (Å²) in [5, 5.41) is 22.9. The van der Waals surface area contributed by atoms with Crippen molar-refractivity contribution in [3.8, 4) is 23.2 Å². The van der Waals surface area contributed by atoms with Gasteiger partial charge in [0.2, 0.25) is 5.75 Å². The Kier molecular flexibility index (Phi) is 9.78. The number of carboxylic acids is 1. The van der Waals surface area contributed by atoms with Crippen LogP contribution in [-0.2, 0) is 4.79 Å². The topological polar surface area (TPSA) is 203 Å². The summed E-state index contributed by atoms with van der Waals surface area (Å²) in [5.74, 6) is 0.941. The van der Waals surface area contributed by atoms with E-state index in [9.17, 15) is 4.79 Å². The minimum atomic E-state index is -0.833. The molecule has 0 fully saturated rings. The highest BCUT2D eigenvalue weighted by atomic mass is 16.5. The van der Waals surface area contributed by atoms with Gasteiger partial charge in [-0.2, -0.15) is 0 Å². The zero-order valence-corrected chi connectivity index (χ0v) is 22.3. The van der Waals surface area contributed by atoms with E-state index in [0.29, 0.717) is 46.5 Å². The molecule has 210 valence electrons. The minimum absolute atomic E-state index is 0.0368. The molecule has 0 radical (unpaired) electrons. The molecule has 0 aliphatic heterocycles. The van der Waals surface area contributed by atoms with E-state index in [2.05, 4.69) is 25.4 Å². The average molecular weight is 551 g/mol. The first-order valence-corrected chi connectivity index (χ1v) is 11.9. The molecule has 40 heavy (non-hydrogen) atoms. The van der Waals surface area contributed by atoms with Crippen LogP contribution in [0.25, 0.3) is 5.95 Å². The van der Waals surface area contributed by atoms with E-state index >= 15 is 0 Å². The third kappa shape index (κ3) is 7.12. The number of aromatic nitrogens is 5. The molecule has 14 heteroatoms. The van der Waals surface area contributed by atoms with Gasteiger partial charge in [-0.05, 0) is 55.0 Å². The first kappa shape index (κ1) is 29.2. The van der Waals surface area contributed by atoms with Crippen LogP contribution in [0.5, 0.6) is 17.2 Å². The van der Waals surface area contributed by atoms with Crippen molar-refractivity contribution >= 4 is 17.5 Å². The Bertz CT molecular complexity index is 1500. The van der Waals surface area contributed by atoms with Crippen LogP contribution in [0.1, 0.15) is 36.8 Å². The number of carboxylic acid groups (broad SMARTS) is 1. The lowest BCUT2D eigenvalue weighted by atomic mass is 10.0. The van der Waals surface area contributed by atoms with Crippen LogP contribution >= 0.6 is 0 Å². The third-order valence-electron chi connectivity index (χ3n) is 5.26. The van der Waals surface area contributed by atoms with Gasteiger partial charge in [0.15, 0.2) is 17.3 Å². The van der Waals surface area contributed by atoms with Crippen LogP contribution in [0.4, 0.5) is 5.69 Å². The molecule has 0 bridgehead atoms. The first-order chi connectivity index (χ1) is 19.2. The van der Waals surface area contributed by atoms with Crippen molar-refractivity contribution in [3.63, 3.8) is 0 Å². The van der Waals surface area contributed by atoms with Crippen molar-refractivity contribution < 1.29 is 24.1 Å². The van der Waals surface area contributed by atoms with E-state index in [4.69, 9.17) is 35.3 Å². The SMILES string of the molecule is CC(=O)O.CCOc1cc(C(Nc2ccc(C(=N)N)cc2)c2nn(-c3ncccn3)c(=O)[nH]2)cc(OC)c1OC. The number of nitrogens with one attached hydrogen (secondary N) is 3. The number of aromatic amines is 1. The number of aliphatic carboxylic acids is 1. The van der Waals surface area contributed by atoms with Gasteiger partial charge in [-0.3, -0.25) is 15.2 Å². The fourth-order valence-electron chi connectivity index (χ4n) is 3.61. The average Bonchev–Trinajstić information content (AvgIpc) is 3.33. The molecule has 1 unspecified atom stereocenters. The highest BCUT2D eigenvalue weighted by Gasteiger charge is 2.25. The highest BCUT2D eigenvalue weighted by molar-refractivity contribution is 5.95. The Hall–Kier alpha value is -5.40. The number of nitrogens with zero attached hydrogens (tertiary/aromatic N) is 4. The fraction of sp³-hybridized carbons (Fsp3) is 0.231. The van der Waals surface area contributed by atoms with Crippen LogP contribution < -0.4 is 31.0 Å². The number of anilines is 1. The second-order valence-corrected chi connectivity index (χ2v) is 8.05. The van der Waals surface area contributed by atoms with Crippen molar-refractivity contribution in [2.24, 2.45) is 5.73 Å². The minimum Gasteiger partial charge on any atom is -0.493 e. The van der Waals surface area contributed by atoms with Gasteiger partial charge >= 0.3 is 5.69 Å². The van der Waals surface area contributed by atoms with Crippen LogP contribution in [0.15, 0.2) is 59.7 Å². The van der Waals surface area contributed by atoms with Gasteiger partial charge < -0.3 is 30.4 Å². The quantitative estimate of drug-likeness (QED) is 0.143. The van der Waals surface area contributed by atoms with Gasteiger partial charge in [-0.25, -0.2) is 14.8 Å². The van der Waals surface area contributed by atoms with E-state index in [0.717, 1.165) is 11.6 Å². The predicted octanol–water partition coefficient (Wildman–Crippen LogP) is 2.34. The molecular weight excluding hydrogens is 520 g/mol. The molecule has 2 aromatic carbocycles. The molecule has 4 rings (SSSR count). The van der Waals surface area contributed by atoms with Gasteiger partial charge in [0, 0.05) is 30.6 Å². The maximum atomic E-state index is 12.8. The molecular formula is C26H30N8O6. The Labute approximate surface area is 229 Å². The summed E-state index contributed by atoms with van der Waals surface area (Å²) in [7, 11) is 3.06. The third-order valence-corrected chi connectivity index (χ3v) is 5.26. The molecule has 2 aromatic heterocycles. The van der Waals surface area contributed by atoms with Crippen LogP contribution in [0.3, 0.4) is 0 Å². The van der Waals surface area contributed by atoms with Crippen LogP contribution in [-0.4, -0.2) is 62.5 Å². The summed E-state index contributed by atoms with van der Waals surface area (Å²) in [6.45, 7) is 3.36. The number of carbonyl (C=O) groups is 1. The number of methoxy groups -OCH3 is 2. The summed E-state index contributed by atoms with van der Waals surface area (Å²) in [4.78, 5) is 32.8. The Morgan fingerprint density at radius 1 is 1.15 bits per heavy atom. The molecule has 0 aliphatic rings. The van der Waals surface area contributed by atoms with Gasteiger partial charge in [0.05, 0.1) is 20.8 Å². The molecule has 0 saturated heterocycles. The number of hydrogen-bond acceptors (Lipinski definition) is 10.